The van der Waals surface area contributed by atoms with Crippen molar-refractivity contribution in [1.29, 1.82) is 0 Å². The number of aliphatic hydroxyl groups is 1. The topological polar surface area (TPSA) is 43.8 Å². The summed E-state index contributed by atoms with van der Waals surface area (Å²) < 4.78 is 0. The van der Waals surface area contributed by atoms with Gasteiger partial charge in [0.1, 0.15) is 5.60 Å². The van der Waals surface area contributed by atoms with Crippen molar-refractivity contribution in [3.05, 3.63) is 66.2 Å². The van der Waals surface area contributed by atoms with Crippen molar-refractivity contribution in [1.82, 2.24) is 4.90 Å². The first-order valence-corrected chi connectivity index (χ1v) is 9.50. The lowest BCUT2D eigenvalue weighted by Crippen LogP contribution is -2.48. The summed E-state index contributed by atoms with van der Waals surface area (Å²) in [5.41, 5.74) is 1.12. The Bertz CT molecular complexity index is 737. The molecule has 1 saturated carbocycles. The molecule has 2 fully saturated rings. The Labute approximate surface area is 155 Å². The second-order valence-corrected chi connectivity index (χ2v) is 7.66. The predicted octanol–water partition coefficient (Wildman–Crippen LogP) is 3.07. The van der Waals surface area contributed by atoms with Gasteiger partial charge < -0.3 is 10.0 Å². The van der Waals surface area contributed by atoms with E-state index < -0.39 is 5.60 Å². The first kappa shape index (κ1) is 17.3. The number of rotatable bonds is 7. The summed E-state index contributed by atoms with van der Waals surface area (Å²) in [5, 5.41) is 10.3. The molecular formula is C22H26N2O2. The summed E-state index contributed by atoms with van der Waals surface area (Å²) in [6.07, 6.45) is 2.15. The van der Waals surface area contributed by atoms with Gasteiger partial charge in [0.15, 0.2) is 0 Å². The molecule has 1 aliphatic heterocycles. The molecule has 2 aliphatic rings. The van der Waals surface area contributed by atoms with Gasteiger partial charge in [0.25, 0.3) is 5.91 Å². The molecule has 4 nitrogen and oxygen atoms in total. The minimum absolute atomic E-state index is 0.135. The minimum atomic E-state index is -1.12. The highest BCUT2D eigenvalue weighted by Crippen LogP contribution is 2.38. The summed E-state index contributed by atoms with van der Waals surface area (Å²) in [6, 6.07) is 20.3. The molecule has 136 valence electrons. The van der Waals surface area contributed by atoms with Gasteiger partial charge >= 0.3 is 0 Å². The van der Waals surface area contributed by atoms with E-state index in [-0.39, 0.29) is 5.91 Å². The van der Waals surface area contributed by atoms with Crippen LogP contribution >= 0.6 is 0 Å². The van der Waals surface area contributed by atoms with Crippen molar-refractivity contribution < 1.29 is 9.90 Å². The molecule has 4 rings (SSSR count). The van der Waals surface area contributed by atoms with Crippen LogP contribution in [0.4, 0.5) is 5.69 Å². The van der Waals surface area contributed by atoms with Crippen molar-refractivity contribution in [2.75, 3.05) is 24.5 Å². The molecule has 1 heterocycles. The fraction of sp³-hybridized carbons (Fsp3) is 0.409. The smallest absolute Gasteiger partial charge is 0.258 e. The van der Waals surface area contributed by atoms with E-state index in [1.54, 1.807) is 4.90 Å². The summed E-state index contributed by atoms with van der Waals surface area (Å²) >= 11 is 0. The number of anilines is 1. The molecule has 0 spiro atoms. The largest absolute Gasteiger partial charge is 0.380 e. The molecule has 0 unspecified atom stereocenters. The minimum Gasteiger partial charge on any atom is -0.380 e. The van der Waals surface area contributed by atoms with Gasteiger partial charge in [-0.15, -0.1) is 0 Å². The van der Waals surface area contributed by atoms with Crippen LogP contribution in [-0.2, 0) is 11.3 Å². The van der Waals surface area contributed by atoms with Crippen LogP contribution in [0.5, 0.6) is 0 Å². The third kappa shape index (κ3) is 3.81. The van der Waals surface area contributed by atoms with Crippen LogP contribution in [0.15, 0.2) is 60.7 Å². The maximum atomic E-state index is 12.7. The quantitative estimate of drug-likeness (QED) is 0.835. The van der Waals surface area contributed by atoms with Gasteiger partial charge in [-0.05, 0) is 42.9 Å². The maximum Gasteiger partial charge on any atom is 0.258 e. The molecule has 0 aromatic heterocycles. The van der Waals surface area contributed by atoms with E-state index in [0.717, 1.165) is 31.7 Å². The Balaban J connectivity index is 1.31. The number of amides is 1. The summed E-state index contributed by atoms with van der Waals surface area (Å²) in [4.78, 5) is 16.9. The molecule has 1 saturated heterocycles. The molecule has 1 amide bonds. The van der Waals surface area contributed by atoms with Gasteiger partial charge in [0.05, 0.1) is 0 Å². The normalized spacial score (nSPS) is 19.0. The molecule has 0 bridgehead atoms. The number of nitrogens with zero attached hydrogens (tertiary/aromatic N) is 2. The van der Waals surface area contributed by atoms with Crippen LogP contribution in [0.2, 0.25) is 0 Å². The van der Waals surface area contributed by atoms with Crippen molar-refractivity contribution in [3.8, 4) is 0 Å². The first-order chi connectivity index (χ1) is 12.6. The lowest BCUT2D eigenvalue weighted by molar-refractivity contribution is -0.128. The number of benzene rings is 2. The summed E-state index contributed by atoms with van der Waals surface area (Å²) in [6.45, 7) is 3.83. The van der Waals surface area contributed by atoms with Crippen LogP contribution in [-0.4, -0.2) is 41.1 Å². The lowest BCUT2D eigenvalue weighted by Gasteiger charge is -2.40. The van der Waals surface area contributed by atoms with Gasteiger partial charge in [-0.1, -0.05) is 48.5 Å². The molecular weight excluding hydrogens is 324 g/mol. The van der Waals surface area contributed by atoms with Crippen LogP contribution < -0.4 is 4.90 Å². The number of hydrogen-bond acceptors (Lipinski definition) is 3. The third-order valence-corrected chi connectivity index (χ3v) is 5.48. The zero-order valence-corrected chi connectivity index (χ0v) is 15.1. The second kappa shape index (κ2) is 7.22. The Kier molecular flexibility index (Phi) is 4.79. The van der Waals surface area contributed by atoms with E-state index in [1.807, 2.05) is 36.4 Å². The van der Waals surface area contributed by atoms with E-state index in [9.17, 15) is 9.90 Å². The van der Waals surface area contributed by atoms with Crippen molar-refractivity contribution in [2.24, 2.45) is 5.92 Å². The van der Waals surface area contributed by atoms with Crippen molar-refractivity contribution in [3.63, 3.8) is 0 Å². The van der Waals surface area contributed by atoms with Gasteiger partial charge in [-0.3, -0.25) is 9.69 Å². The van der Waals surface area contributed by atoms with Crippen LogP contribution in [0.25, 0.3) is 0 Å². The Morgan fingerprint density at radius 2 is 1.65 bits per heavy atom. The van der Waals surface area contributed by atoms with E-state index in [4.69, 9.17) is 0 Å². The van der Waals surface area contributed by atoms with Crippen molar-refractivity contribution >= 4 is 11.6 Å². The van der Waals surface area contributed by atoms with Gasteiger partial charge in [-0.25, -0.2) is 0 Å². The third-order valence-electron chi connectivity index (χ3n) is 5.48. The van der Waals surface area contributed by atoms with E-state index in [0.29, 0.717) is 25.3 Å². The number of carbonyl (C=O) groups is 1. The number of likely N-dealkylation sites (tertiary alicyclic amines) is 1. The lowest BCUT2D eigenvalue weighted by atomic mass is 9.95. The molecule has 0 atom stereocenters. The van der Waals surface area contributed by atoms with Gasteiger partial charge in [0.2, 0.25) is 0 Å². The first-order valence-electron chi connectivity index (χ1n) is 9.50. The highest BCUT2D eigenvalue weighted by molar-refractivity contribution is 6.01. The molecule has 2 aromatic rings. The fourth-order valence-corrected chi connectivity index (χ4v) is 3.68. The van der Waals surface area contributed by atoms with Crippen molar-refractivity contribution in [2.45, 2.75) is 31.4 Å². The number of hydrogen-bond donors (Lipinski definition) is 1. The highest BCUT2D eigenvalue weighted by Gasteiger charge is 2.50. The molecule has 1 aliphatic carbocycles. The SMILES string of the molecule is O=C(N(CCC1CN(Cc2ccccc2)C1)c1ccccc1)C1(O)CC1. The van der Waals surface area contributed by atoms with Crippen LogP contribution in [0.1, 0.15) is 24.8 Å². The summed E-state index contributed by atoms with van der Waals surface area (Å²) in [5.74, 6) is 0.482. The fourth-order valence-electron chi connectivity index (χ4n) is 3.68. The zero-order chi connectivity index (χ0) is 18.0. The van der Waals surface area contributed by atoms with E-state index in [1.165, 1.54) is 5.56 Å². The molecule has 1 N–H and O–H groups in total. The zero-order valence-electron chi connectivity index (χ0n) is 15.1. The Morgan fingerprint density at radius 3 is 2.27 bits per heavy atom. The maximum absolute atomic E-state index is 12.7. The highest BCUT2D eigenvalue weighted by atomic mass is 16.3. The predicted molar refractivity (Wildman–Crippen MR) is 103 cm³/mol. The van der Waals surface area contributed by atoms with Gasteiger partial charge in [0, 0.05) is 31.9 Å². The van der Waals surface area contributed by atoms with Crippen LogP contribution in [0, 0.1) is 5.92 Å². The molecule has 2 aromatic carbocycles. The average molecular weight is 350 g/mol. The van der Waals surface area contributed by atoms with E-state index in [2.05, 4.69) is 29.2 Å². The molecule has 26 heavy (non-hydrogen) atoms. The number of para-hydroxylation sites is 1. The average Bonchev–Trinajstić information content (AvgIpc) is 3.40. The summed E-state index contributed by atoms with van der Waals surface area (Å²) in [7, 11) is 0. The van der Waals surface area contributed by atoms with Gasteiger partial charge in [-0.2, -0.15) is 0 Å². The Hall–Kier alpha value is -2.17. The number of carbonyl (C=O) groups excluding carboxylic acids is 1. The Morgan fingerprint density at radius 1 is 1.04 bits per heavy atom. The molecule has 4 heteroatoms. The van der Waals surface area contributed by atoms with E-state index >= 15 is 0 Å². The monoisotopic (exact) mass is 350 g/mol. The van der Waals surface area contributed by atoms with Crippen LogP contribution in [0.3, 0.4) is 0 Å². The second-order valence-electron chi connectivity index (χ2n) is 7.66. The molecule has 0 radical (unpaired) electrons. The standard InChI is InChI=1S/C22H26N2O2/c25-21(22(26)12-13-22)24(20-9-5-2-6-10-20)14-11-19-16-23(17-19)15-18-7-3-1-4-8-18/h1-10,19,26H,11-17H2.